The number of rotatable bonds is 5. The molecule has 0 aromatic heterocycles. The van der Waals surface area contributed by atoms with E-state index in [-0.39, 0.29) is 0 Å². The minimum absolute atomic E-state index is 0.610. The van der Waals surface area contributed by atoms with Crippen LogP contribution in [0.4, 0.5) is 0 Å². The van der Waals surface area contributed by atoms with Crippen LogP contribution in [0.25, 0.3) is 0 Å². The summed E-state index contributed by atoms with van der Waals surface area (Å²) in [5.74, 6) is 0.707. The first-order valence-corrected chi connectivity index (χ1v) is 7.63. The van der Waals surface area contributed by atoms with E-state index in [2.05, 4.69) is 18.7 Å². The molecule has 0 aliphatic carbocycles. The lowest BCUT2D eigenvalue weighted by Crippen LogP contribution is -2.51. The lowest BCUT2D eigenvalue weighted by Gasteiger charge is -2.35. The second-order valence-corrected chi connectivity index (χ2v) is 7.36. The molecule has 1 fully saturated rings. The molecule has 0 amide bonds. The molecule has 1 aliphatic rings. The van der Waals surface area contributed by atoms with E-state index in [4.69, 9.17) is 0 Å². The van der Waals surface area contributed by atoms with Gasteiger partial charge in [0.1, 0.15) is 0 Å². The zero-order chi connectivity index (χ0) is 13.1. The molecule has 17 heavy (non-hydrogen) atoms. The summed E-state index contributed by atoms with van der Waals surface area (Å²) in [4.78, 5) is 2.35. The third-order valence-corrected chi connectivity index (χ3v) is 5.08. The highest BCUT2D eigenvalue weighted by atomic mass is 32.2. The lowest BCUT2D eigenvalue weighted by atomic mass is 10.1. The van der Waals surface area contributed by atoms with E-state index < -0.39 is 10.2 Å². The molecule has 5 nitrogen and oxygen atoms in total. The SMILES string of the molecule is CC(C)CCN1CCN(S(=O)(=O)N(C)C)CC1. The third-order valence-electron chi connectivity index (χ3n) is 3.14. The molecule has 0 bridgehead atoms. The Morgan fingerprint density at radius 2 is 1.65 bits per heavy atom. The Morgan fingerprint density at radius 1 is 1.12 bits per heavy atom. The number of hydrogen-bond donors (Lipinski definition) is 0. The van der Waals surface area contributed by atoms with Crippen LogP contribution in [0.1, 0.15) is 20.3 Å². The van der Waals surface area contributed by atoms with E-state index in [1.807, 2.05) is 0 Å². The van der Waals surface area contributed by atoms with Crippen molar-refractivity contribution < 1.29 is 8.42 Å². The second kappa shape index (κ2) is 6.13. The van der Waals surface area contributed by atoms with Crippen molar-refractivity contribution in [3.63, 3.8) is 0 Å². The maximum absolute atomic E-state index is 11.9. The number of piperazine rings is 1. The van der Waals surface area contributed by atoms with Crippen molar-refractivity contribution in [1.82, 2.24) is 13.5 Å². The fraction of sp³-hybridized carbons (Fsp3) is 1.00. The minimum atomic E-state index is -3.21. The zero-order valence-corrected chi connectivity index (χ0v) is 12.2. The summed E-state index contributed by atoms with van der Waals surface area (Å²) in [7, 11) is -0.0471. The fourth-order valence-corrected chi connectivity index (χ4v) is 2.94. The van der Waals surface area contributed by atoms with Crippen molar-refractivity contribution in [3.05, 3.63) is 0 Å². The monoisotopic (exact) mass is 263 g/mol. The maximum atomic E-state index is 11.9. The third kappa shape index (κ3) is 4.21. The molecule has 0 aromatic carbocycles. The van der Waals surface area contributed by atoms with Crippen molar-refractivity contribution in [2.45, 2.75) is 20.3 Å². The summed E-state index contributed by atoms with van der Waals surface area (Å²) in [5.41, 5.74) is 0. The molecular formula is C11H25N3O2S. The molecule has 1 saturated heterocycles. The normalized spacial score (nSPS) is 20.4. The van der Waals surface area contributed by atoms with Crippen LogP contribution in [0, 0.1) is 5.92 Å². The first kappa shape index (κ1) is 14.9. The Balaban J connectivity index is 2.41. The van der Waals surface area contributed by atoms with Crippen molar-refractivity contribution in [3.8, 4) is 0 Å². The Labute approximate surface area is 106 Å². The summed E-state index contributed by atoms with van der Waals surface area (Å²) in [5, 5.41) is 0. The van der Waals surface area contributed by atoms with Gasteiger partial charge in [0.15, 0.2) is 0 Å². The topological polar surface area (TPSA) is 43.9 Å². The van der Waals surface area contributed by atoms with Gasteiger partial charge in [-0.15, -0.1) is 0 Å². The van der Waals surface area contributed by atoms with Crippen molar-refractivity contribution >= 4 is 10.2 Å². The molecule has 102 valence electrons. The molecule has 0 unspecified atom stereocenters. The highest BCUT2D eigenvalue weighted by Gasteiger charge is 2.28. The van der Waals surface area contributed by atoms with Gasteiger partial charge in [-0.2, -0.15) is 17.0 Å². The van der Waals surface area contributed by atoms with Gasteiger partial charge in [-0.05, 0) is 18.9 Å². The molecule has 0 aromatic rings. The fourth-order valence-electron chi connectivity index (χ4n) is 1.86. The van der Waals surface area contributed by atoms with Crippen LogP contribution in [0.15, 0.2) is 0 Å². The van der Waals surface area contributed by atoms with E-state index in [0.717, 1.165) is 19.6 Å². The number of hydrogen-bond acceptors (Lipinski definition) is 3. The highest BCUT2D eigenvalue weighted by Crippen LogP contribution is 2.11. The molecule has 0 N–H and O–H groups in total. The summed E-state index contributed by atoms with van der Waals surface area (Å²) < 4.78 is 26.6. The van der Waals surface area contributed by atoms with E-state index >= 15 is 0 Å². The van der Waals surface area contributed by atoms with E-state index in [0.29, 0.717) is 19.0 Å². The molecule has 1 aliphatic heterocycles. The largest absolute Gasteiger partial charge is 0.301 e. The van der Waals surface area contributed by atoms with Gasteiger partial charge >= 0.3 is 0 Å². The van der Waals surface area contributed by atoms with E-state index in [9.17, 15) is 8.42 Å². The van der Waals surface area contributed by atoms with Gasteiger partial charge in [0.2, 0.25) is 0 Å². The molecule has 0 saturated carbocycles. The second-order valence-electron chi connectivity index (χ2n) is 5.21. The molecule has 1 heterocycles. The van der Waals surface area contributed by atoms with Gasteiger partial charge < -0.3 is 4.90 Å². The van der Waals surface area contributed by atoms with E-state index in [1.54, 1.807) is 18.4 Å². The van der Waals surface area contributed by atoms with Crippen LogP contribution in [0.3, 0.4) is 0 Å². The zero-order valence-electron chi connectivity index (χ0n) is 11.4. The van der Waals surface area contributed by atoms with Crippen LogP contribution in [0.2, 0.25) is 0 Å². The molecule has 0 atom stereocenters. The van der Waals surface area contributed by atoms with Crippen LogP contribution in [-0.4, -0.2) is 68.7 Å². The van der Waals surface area contributed by atoms with Crippen LogP contribution in [0.5, 0.6) is 0 Å². The lowest BCUT2D eigenvalue weighted by molar-refractivity contribution is 0.176. The summed E-state index contributed by atoms with van der Waals surface area (Å²) >= 11 is 0. The predicted molar refractivity (Wildman–Crippen MR) is 70.1 cm³/mol. The average molecular weight is 263 g/mol. The van der Waals surface area contributed by atoms with Gasteiger partial charge in [0, 0.05) is 40.3 Å². The quantitative estimate of drug-likeness (QED) is 0.724. The Hall–Kier alpha value is -0.170. The Bertz CT molecular complexity index is 320. The first-order valence-electron chi connectivity index (χ1n) is 6.24. The smallest absolute Gasteiger partial charge is 0.281 e. The summed E-state index contributed by atoms with van der Waals surface area (Å²) in [6.45, 7) is 8.42. The summed E-state index contributed by atoms with van der Waals surface area (Å²) in [6, 6.07) is 0. The van der Waals surface area contributed by atoms with Crippen LogP contribution in [-0.2, 0) is 10.2 Å². The van der Waals surface area contributed by atoms with Gasteiger partial charge in [-0.3, -0.25) is 0 Å². The van der Waals surface area contributed by atoms with Crippen LogP contribution >= 0.6 is 0 Å². The standard InChI is InChI=1S/C11H25N3O2S/c1-11(2)5-6-13-7-9-14(10-8-13)17(15,16)12(3)4/h11H,5-10H2,1-4H3. The first-order chi connectivity index (χ1) is 7.84. The van der Waals surface area contributed by atoms with E-state index in [1.165, 1.54) is 10.7 Å². The molecule has 0 radical (unpaired) electrons. The minimum Gasteiger partial charge on any atom is -0.301 e. The predicted octanol–water partition coefficient (Wildman–Crippen LogP) is 0.457. The summed E-state index contributed by atoms with van der Waals surface area (Å²) in [6.07, 6.45) is 1.18. The molecular weight excluding hydrogens is 238 g/mol. The average Bonchev–Trinajstić information content (AvgIpc) is 2.26. The van der Waals surface area contributed by atoms with Crippen LogP contribution < -0.4 is 0 Å². The molecule has 1 rings (SSSR count). The van der Waals surface area contributed by atoms with Gasteiger partial charge in [0.05, 0.1) is 0 Å². The van der Waals surface area contributed by atoms with Crippen molar-refractivity contribution in [2.24, 2.45) is 5.92 Å². The molecule has 0 spiro atoms. The Kier molecular flexibility index (Phi) is 5.37. The van der Waals surface area contributed by atoms with Gasteiger partial charge in [-0.25, -0.2) is 0 Å². The maximum Gasteiger partial charge on any atom is 0.281 e. The van der Waals surface area contributed by atoms with Gasteiger partial charge in [-0.1, -0.05) is 13.8 Å². The van der Waals surface area contributed by atoms with Gasteiger partial charge in [0.25, 0.3) is 10.2 Å². The van der Waals surface area contributed by atoms with Crippen molar-refractivity contribution in [2.75, 3.05) is 46.8 Å². The molecule has 6 heteroatoms. The number of nitrogens with zero attached hydrogens (tertiary/aromatic N) is 3. The highest BCUT2D eigenvalue weighted by molar-refractivity contribution is 7.86. The van der Waals surface area contributed by atoms with Crippen molar-refractivity contribution in [1.29, 1.82) is 0 Å². The Morgan fingerprint density at radius 3 is 2.06 bits per heavy atom.